The quantitative estimate of drug-likeness (QED) is 0.616. The van der Waals surface area contributed by atoms with E-state index in [1.165, 1.54) is 25.3 Å². The topological polar surface area (TPSA) is 56.7 Å². The highest BCUT2D eigenvalue weighted by Crippen LogP contribution is 2.23. The van der Waals surface area contributed by atoms with Crippen LogP contribution in [0.1, 0.15) is 39.2 Å². The third-order valence-electron chi connectivity index (χ3n) is 4.57. The number of carbonyl (C=O) groups excluding carboxylic acids is 1. The number of nitrogens with zero attached hydrogens (tertiary/aromatic N) is 2. The molecule has 1 aromatic carbocycles. The lowest BCUT2D eigenvalue weighted by molar-refractivity contribution is -0.114. The van der Waals surface area contributed by atoms with Crippen molar-refractivity contribution in [3.8, 4) is 0 Å². The largest absolute Gasteiger partial charge is 0.356 e. The Balaban J connectivity index is 1.77. The van der Waals surface area contributed by atoms with E-state index >= 15 is 0 Å². The average Bonchev–Trinajstić information content (AvgIpc) is 3.00. The minimum Gasteiger partial charge on any atom is -0.356 e. The number of likely N-dealkylation sites (tertiary alicyclic amines) is 1. The molecule has 5 heteroatoms. The Morgan fingerprint density at radius 2 is 2.04 bits per heavy atom. The zero-order chi connectivity index (χ0) is 18.2. The average molecular weight is 345 g/mol. The summed E-state index contributed by atoms with van der Waals surface area (Å²) in [6.07, 6.45) is 3.50. The van der Waals surface area contributed by atoms with E-state index in [2.05, 4.69) is 46.5 Å². The lowest BCUT2D eigenvalue weighted by Crippen LogP contribution is -2.40. The van der Waals surface area contributed by atoms with Crippen LogP contribution in [0, 0.1) is 11.8 Å². The summed E-state index contributed by atoms with van der Waals surface area (Å²) in [4.78, 5) is 17.9. The zero-order valence-electron chi connectivity index (χ0n) is 16.0. The van der Waals surface area contributed by atoms with Crippen molar-refractivity contribution in [1.82, 2.24) is 10.2 Å². The van der Waals surface area contributed by atoms with Crippen LogP contribution in [0.2, 0.25) is 0 Å². The summed E-state index contributed by atoms with van der Waals surface area (Å²) in [6, 6.07) is 8.01. The molecule has 138 valence electrons. The molecule has 5 nitrogen and oxygen atoms in total. The smallest absolute Gasteiger partial charge is 0.221 e. The highest BCUT2D eigenvalue weighted by Gasteiger charge is 2.25. The number of hydrogen-bond acceptors (Lipinski definition) is 2. The molecule has 0 spiro atoms. The number of rotatable bonds is 6. The molecule has 1 aromatic rings. The van der Waals surface area contributed by atoms with Crippen LogP contribution >= 0.6 is 0 Å². The third kappa shape index (κ3) is 6.40. The first-order valence-electron chi connectivity index (χ1n) is 9.30. The second kappa shape index (κ2) is 9.44. The number of amides is 1. The second-order valence-electron chi connectivity index (χ2n) is 7.33. The summed E-state index contributed by atoms with van der Waals surface area (Å²) in [6.45, 7) is 9.19. The van der Waals surface area contributed by atoms with Crippen molar-refractivity contribution in [1.29, 1.82) is 0 Å². The molecule has 1 fully saturated rings. The van der Waals surface area contributed by atoms with Crippen LogP contribution < -0.4 is 10.6 Å². The molecule has 2 N–H and O–H groups in total. The van der Waals surface area contributed by atoms with E-state index in [0.29, 0.717) is 0 Å². The fourth-order valence-corrected chi connectivity index (χ4v) is 3.49. The Morgan fingerprint density at radius 1 is 1.32 bits per heavy atom. The molecule has 0 aromatic heterocycles. The van der Waals surface area contributed by atoms with Crippen molar-refractivity contribution < 1.29 is 4.79 Å². The molecule has 1 heterocycles. The zero-order valence-corrected chi connectivity index (χ0v) is 16.0. The molecule has 1 aliphatic rings. The summed E-state index contributed by atoms with van der Waals surface area (Å²) < 4.78 is 0. The Kier molecular flexibility index (Phi) is 7.29. The molecule has 1 atom stereocenters. The van der Waals surface area contributed by atoms with Crippen molar-refractivity contribution >= 4 is 17.6 Å². The van der Waals surface area contributed by atoms with Gasteiger partial charge in [-0.1, -0.05) is 26.0 Å². The van der Waals surface area contributed by atoms with Crippen molar-refractivity contribution in [3.05, 3.63) is 29.8 Å². The maximum atomic E-state index is 11.0. The minimum atomic E-state index is -0.0420. The molecule has 0 radical (unpaired) electrons. The molecule has 0 saturated carbocycles. The van der Waals surface area contributed by atoms with Crippen LogP contribution in [0.5, 0.6) is 0 Å². The molecule has 0 bridgehead atoms. The number of carbonyl (C=O) groups is 1. The van der Waals surface area contributed by atoms with Crippen molar-refractivity contribution in [2.45, 2.75) is 40.0 Å². The van der Waals surface area contributed by atoms with E-state index in [1.807, 2.05) is 19.2 Å². The lowest BCUT2D eigenvalue weighted by atomic mass is 9.97. The fraction of sp³-hybridized carbons (Fsp3) is 0.600. The summed E-state index contributed by atoms with van der Waals surface area (Å²) in [7, 11) is 1.86. The van der Waals surface area contributed by atoms with Gasteiger partial charge >= 0.3 is 0 Å². The monoisotopic (exact) mass is 344 g/mol. The van der Waals surface area contributed by atoms with Gasteiger partial charge in [0.2, 0.25) is 5.91 Å². The molecular weight excluding hydrogens is 312 g/mol. The minimum absolute atomic E-state index is 0.0420. The van der Waals surface area contributed by atoms with Gasteiger partial charge in [0.05, 0.1) is 0 Å². The predicted molar refractivity (Wildman–Crippen MR) is 105 cm³/mol. The normalized spacial score (nSPS) is 17.9. The number of anilines is 1. The van der Waals surface area contributed by atoms with Gasteiger partial charge in [-0.05, 0) is 48.8 Å². The van der Waals surface area contributed by atoms with E-state index < -0.39 is 0 Å². The summed E-state index contributed by atoms with van der Waals surface area (Å²) in [5, 5.41) is 6.28. The van der Waals surface area contributed by atoms with Crippen molar-refractivity contribution in [2.75, 3.05) is 32.0 Å². The maximum Gasteiger partial charge on any atom is 0.221 e. The molecule has 0 aliphatic carbocycles. The van der Waals surface area contributed by atoms with Crippen LogP contribution in [0.25, 0.3) is 0 Å². The number of nitrogens with one attached hydrogen (secondary N) is 2. The lowest BCUT2D eigenvalue weighted by Gasteiger charge is -2.22. The van der Waals surface area contributed by atoms with Gasteiger partial charge in [0.15, 0.2) is 5.96 Å². The van der Waals surface area contributed by atoms with Crippen LogP contribution in [0.15, 0.2) is 29.3 Å². The van der Waals surface area contributed by atoms with Gasteiger partial charge in [-0.15, -0.1) is 0 Å². The first-order valence-corrected chi connectivity index (χ1v) is 9.30. The van der Waals surface area contributed by atoms with Crippen molar-refractivity contribution in [2.24, 2.45) is 16.8 Å². The Morgan fingerprint density at radius 3 is 2.64 bits per heavy atom. The number of aliphatic imine (C=N–C) groups is 1. The Labute approximate surface area is 151 Å². The SMILES string of the molecule is CN=C(NCCc1ccc(NC(C)=O)cc1)N1CCC(CC(C)C)C1. The molecule has 1 saturated heterocycles. The number of guanidine groups is 1. The van der Waals surface area contributed by atoms with Gasteiger partial charge in [-0.2, -0.15) is 0 Å². The number of benzene rings is 1. The Bertz CT molecular complexity index is 580. The summed E-state index contributed by atoms with van der Waals surface area (Å²) in [5.74, 6) is 2.53. The van der Waals surface area contributed by atoms with Gasteiger partial charge in [0, 0.05) is 39.3 Å². The van der Waals surface area contributed by atoms with E-state index in [4.69, 9.17) is 0 Å². The van der Waals surface area contributed by atoms with Crippen molar-refractivity contribution in [3.63, 3.8) is 0 Å². The second-order valence-corrected chi connectivity index (χ2v) is 7.33. The predicted octanol–water partition coefficient (Wildman–Crippen LogP) is 3.13. The van der Waals surface area contributed by atoms with E-state index in [-0.39, 0.29) is 5.91 Å². The molecule has 1 unspecified atom stereocenters. The van der Waals surface area contributed by atoms with E-state index in [1.54, 1.807) is 0 Å². The van der Waals surface area contributed by atoms with Gasteiger partial charge < -0.3 is 15.5 Å². The van der Waals surface area contributed by atoms with Gasteiger partial charge in [0.25, 0.3) is 0 Å². The van der Waals surface area contributed by atoms with E-state index in [0.717, 1.165) is 49.5 Å². The molecule has 1 aliphatic heterocycles. The van der Waals surface area contributed by atoms with Crippen LogP contribution in [0.4, 0.5) is 5.69 Å². The first kappa shape index (κ1) is 19.3. The summed E-state index contributed by atoms with van der Waals surface area (Å²) >= 11 is 0. The van der Waals surface area contributed by atoms with Crippen LogP contribution in [-0.2, 0) is 11.2 Å². The fourth-order valence-electron chi connectivity index (χ4n) is 3.49. The van der Waals surface area contributed by atoms with Crippen LogP contribution in [-0.4, -0.2) is 43.4 Å². The molecule has 2 rings (SSSR count). The highest BCUT2D eigenvalue weighted by atomic mass is 16.1. The first-order chi connectivity index (χ1) is 12.0. The highest BCUT2D eigenvalue weighted by molar-refractivity contribution is 5.88. The molecule has 1 amide bonds. The maximum absolute atomic E-state index is 11.0. The molecular formula is C20H32N4O. The standard InChI is InChI=1S/C20H32N4O/c1-15(2)13-18-10-12-24(14-18)20(21-4)22-11-9-17-5-7-19(8-6-17)23-16(3)25/h5-8,15,18H,9-14H2,1-4H3,(H,21,22)(H,23,25). The van der Waals surface area contributed by atoms with Gasteiger partial charge in [-0.3, -0.25) is 9.79 Å². The third-order valence-corrected chi connectivity index (χ3v) is 4.57. The van der Waals surface area contributed by atoms with Crippen LogP contribution in [0.3, 0.4) is 0 Å². The van der Waals surface area contributed by atoms with E-state index in [9.17, 15) is 4.79 Å². The van der Waals surface area contributed by atoms with Gasteiger partial charge in [0.1, 0.15) is 0 Å². The Hall–Kier alpha value is -2.04. The van der Waals surface area contributed by atoms with Gasteiger partial charge in [-0.25, -0.2) is 0 Å². The molecule has 25 heavy (non-hydrogen) atoms. The number of hydrogen-bond donors (Lipinski definition) is 2. The summed E-state index contributed by atoms with van der Waals surface area (Å²) in [5.41, 5.74) is 2.09.